The Hall–Kier alpha value is -2.37. The zero-order chi connectivity index (χ0) is 18.1. The van der Waals surface area contributed by atoms with E-state index in [0.29, 0.717) is 24.7 Å². The van der Waals surface area contributed by atoms with Gasteiger partial charge in [0.15, 0.2) is 0 Å². The number of anilines is 1. The van der Waals surface area contributed by atoms with E-state index in [4.69, 9.17) is 9.47 Å². The third-order valence-corrected chi connectivity index (χ3v) is 3.71. The lowest BCUT2D eigenvalue weighted by Crippen LogP contribution is -2.40. The second-order valence-electron chi connectivity index (χ2n) is 5.79. The monoisotopic (exact) mass is 342 g/mol. The van der Waals surface area contributed by atoms with Gasteiger partial charge in [-0.2, -0.15) is 0 Å². The van der Waals surface area contributed by atoms with Gasteiger partial charge < -0.3 is 14.8 Å². The molecule has 2 N–H and O–H groups in total. The lowest BCUT2D eigenvalue weighted by Gasteiger charge is -2.23. The van der Waals surface area contributed by atoms with Crippen LogP contribution in [0.5, 0.6) is 5.75 Å². The van der Waals surface area contributed by atoms with E-state index in [1.165, 1.54) is 0 Å². The summed E-state index contributed by atoms with van der Waals surface area (Å²) in [6.07, 6.45) is 0. The first-order valence-corrected chi connectivity index (χ1v) is 8.48. The summed E-state index contributed by atoms with van der Waals surface area (Å²) in [5.41, 5.74) is 1.56. The summed E-state index contributed by atoms with van der Waals surface area (Å²) < 4.78 is 10.8. The van der Waals surface area contributed by atoms with Crippen LogP contribution in [0.15, 0.2) is 54.6 Å². The summed E-state index contributed by atoms with van der Waals surface area (Å²) in [4.78, 5) is 12.9. The van der Waals surface area contributed by atoms with Crippen LogP contribution in [0.4, 0.5) is 5.69 Å². The van der Waals surface area contributed by atoms with Crippen LogP contribution in [0, 0.1) is 0 Å². The highest BCUT2D eigenvalue weighted by atomic mass is 16.5. The minimum absolute atomic E-state index is 0.0306. The van der Waals surface area contributed by atoms with Gasteiger partial charge in [-0.25, -0.2) is 0 Å². The summed E-state index contributed by atoms with van der Waals surface area (Å²) in [7, 11) is 1.65. The Labute approximate surface area is 149 Å². The molecule has 1 amide bonds. The molecular weight excluding hydrogens is 316 g/mol. The Kier molecular flexibility index (Phi) is 7.44. The van der Waals surface area contributed by atoms with Crippen LogP contribution in [-0.4, -0.2) is 32.3 Å². The van der Waals surface area contributed by atoms with E-state index in [0.717, 1.165) is 5.56 Å². The average molecular weight is 342 g/mol. The number of ether oxygens (including phenoxy) is 2. The van der Waals surface area contributed by atoms with Crippen molar-refractivity contribution < 1.29 is 14.3 Å². The molecule has 0 saturated carbocycles. The predicted octanol–water partition coefficient (Wildman–Crippen LogP) is 3.39. The highest BCUT2D eigenvalue weighted by molar-refractivity contribution is 5.96. The Balaban J connectivity index is 2.20. The quantitative estimate of drug-likeness (QED) is 0.733. The van der Waals surface area contributed by atoms with Crippen LogP contribution < -0.4 is 15.4 Å². The van der Waals surface area contributed by atoms with Gasteiger partial charge in [-0.3, -0.25) is 10.1 Å². The summed E-state index contributed by atoms with van der Waals surface area (Å²) in [6, 6.07) is 16.6. The zero-order valence-electron chi connectivity index (χ0n) is 15.0. The van der Waals surface area contributed by atoms with Crippen molar-refractivity contribution in [3.05, 3.63) is 60.2 Å². The standard InChI is InChI=1S/C20H26N2O3/c1-4-25-18-13-9-8-12-17(18)22-20(23)19(21-15(2)14-24-3)16-10-6-5-7-11-16/h5-13,15,19,21H,4,14H2,1-3H3,(H,22,23)/t15-,19-/m1/s1. The van der Waals surface area contributed by atoms with E-state index in [9.17, 15) is 4.79 Å². The first-order valence-electron chi connectivity index (χ1n) is 8.48. The molecule has 2 aromatic rings. The molecule has 2 atom stereocenters. The topological polar surface area (TPSA) is 59.6 Å². The molecule has 0 spiro atoms. The van der Waals surface area contributed by atoms with Crippen LogP contribution in [0.25, 0.3) is 0 Å². The number of nitrogens with one attached hydrogen (secondary N) is 2. The van der Waals surface area contributed by atoms with Crippen molar-refractivity contribution in [2.75, 3.05) is 25.6 Å². The van der Waals surface area contributed by atoms with Gasteiger partial charge in [0.1, 0.15) is 11.8 Å². The van der Waals surface area contributed by atoms with E-state index in [-0.39, 0.29) is 11.9 Å². The van der Waals surface area contributed by atoms with Gasteiger partial charge in [-0.1, -0.05) is 42.5 Å². The van der Waals surface area contributed by atoms with Gasteiger partial charge in [0.2, 0.25) is 5.91 Å². The molecular formula is C20H26N2O3. The van der Waals surface area contributed by atoms with Crippen molar-refractivity contribution in [1.29, 1.82) is 0 Å². The minimum atomic E-state index is -0.485. The second kappa shape index (κ2) is 9.81. The van der Waals surface area contributed by atoms with Crippen molar-refractivity contribution in [2.45, 2.75) is 25.9 Å². The fourth-order valence-electron chi connectivity index (χ4n) is 2.61. The van der Waals surface area contributed by atoms with Gasteiger partial charge >= 0.3 is 0 Å². The van der Waals surface area contributed by atoms with E-state index in [2.05, 4.69) is 10.6 Å². The summed E-state index contributed by atoms with van der Waals surface area (Å²) in [5.74, 6) is 0.524. The summed E-state index contributed by atoms with van der Waals surface area (Å²) in [5, 5.41) is 6.30. The molecule has 0 aliphatic carbocycles. The van der Waals surface area contributed by atoms with Crippen LogP contribution >= 0.6 is 0 Å². The molecule has 0 saturated heterocycles. The number of rotatable bonds is 9. The molecule has 0 fully saturated rings. The van der Waals surface area contributed by atoms with E-state index < -0.39 is 6.04 Å². The number of carbonyl (C=O) groups is 1. The molecule has 2 aromatic carbocycles. The van der Waals surface area contributed by atoms with Crippen LogP contribution in [0.3, 0.4) is 0 Å². The SMILES string of the molecule is CCOc1ccccc1NC(=O)[C@H](N[C@H](C)COC)c1ccccc1. The molecule has 0 heterocycles. The number of hydrogen-bond acceptors (Lipinski definition) is 4. The normalized spacial score (nSPS) is 13.1. The fraction of sp³-hybridized carbons (Fsp3) is 0.350. The first-order chi connectivity index (χ1) is 12.2. The maximum atomic E-state index is 12.9. The zero-order valence-corrected chi connectivity index (χ0v) is 15.0. The van der Waals surface area contributed by atoms with E-state index in [1.54, 1.807) is 7.11 Å². The third kappa shape index (κ3) is 5.59. The molecule has 0 aliphatic heterocycles. The molecule has 0 radical (unpaired) electrons. The van der Waals surface area contributed by atoms with Gasteiger partial charge in [0, 0.05) is 13.2 Å². The molecule has 134 valence electrons. The third-order valence-electron chi connectivity index (χ3n) is 3.71. The number of methoxy groups -OCH3 is 1. The lowest BCUT2D eigenvalue weighted by atomic mass is 10.0. The number of para-hydroxylation sites is 2. The molecule has 0 aliphatic rings. The van der Waals surface area contributed by atoms with Gasteiger partial charge in [0.05, 0.1) is 18.9 Å². The largest absolute Gasteiger partial charge is 0.492 e. The highest BCUT2D eigenvalue weighted by Crippen LogP contribution is 2.25. The Morgan fingerprint density at radius 1 is 1.08 bits per heavy atom. The molecule has 5 nitrogen and oxygen atoms in total. The molecule has 0 aromatic heterocycles. The fourth-order valence-corrected chi connectivity index (χ4v) is 2.61. The van der Waals surface area contributed by atoms with Crippen molar-refractivity contribution in [3.8, 4) is 5.75 Å². The Bertz CT molecular complexity index is 661. The minimum Gasteiger partial charge on any atom is -0.492 e. The Morgan fingerprint density at radius 2 is 1.76 bits per heavy atom. The summed E-state index contributed by atoms with van der Waals surface area (Å²) in [6.45, 7) is 4.96. The van der Waals surface area contributed by atoms with Crippen molar-refractivity contribution in [2.24, 2.45) is 0 Å². The van der Waals surface area contributed by atoms with E-state index >= 15 is 0 Å². The van der Waals surface area contributed by atoms with Gasteiger partial charge in [0.25, 0.3) is 0 Å². The smallest absolute Gasteiger partial charge is 0.246 e. The van der Waals surface area contributed by atoms with Gasteiger partial charge in [-0.05, 0) is 31.5 Å². The molecule has 2 rings (SSSR count). The van der Waals surface area contributed by atoms with Crippen molar-refractivity contribution in [1.82, 2.24) is 5.32 Å². The van der Waals surface area contributed by atoms with Crippen molar-refractivity contribution >= 4 is 11.6 Å². The number of benzene rings is 2. The number of hydrogen-bond donors (Lipinski definition) is 2. The lowest BCUT2D eigenvalue weighted by molar-refractivity contribution is -0.118. The average Bonchev–Trinajstić information content (AvgIpc) is 2.62. The van der Waals surface area contributed by atoms with Crippen LogP contribution in [-0.2, 0) is 9.53 Å². The number of amides is 1. The predicted molar refractivity (Wildman–Crippen MR) is 99.9 cm³/mol. The van der Waals surface area contributed by atoms with Gasteiger partial charge in [-0.15, -0.1) is 0 Å². The molecule has 25 heavy (non-hydrogen) atoms. The summed E-state index contributed by atoms with van der Waals surface area (Å²) >= 11 is 0. The first kappa shape index (κ1) is 19.0. The molecule has 5 heteroatoms. The molecule has 0 bridgehead atoms. The molecule has 0 unspecified atom stereocenters. The Morgan fingerprint density at radius 3 is 2.44 bits per heavy atom. The van der Waals surface area contributed by atoms with Crippen LogP contribution in [0.2, 0.25) is 0 Å². The van der Waals surface area contributed by atoms with Crippen molar-refractivity contribution in [3.63, 3.8) is 0 Å². The second-order valence-corrected chi connectivity index (χ2v) is 5.79. The van der Waals surface area contributed by atoms with E-state index in [1.807, 2.05) is 68.4 Å². The van der Waals surface area contributed by atoms with Crippen LogP contribution in [0.1, 0.15) is 25.5 Å². The maximum absolute atomic E-state index is 12.9. The maximum Gasteiger partial charge on any atom is 0.246 e. The highest BCUT2D eigenvalue weighted by Gasteiger charge is 2.23. The number of carbonyl (C=O) groups excluding carboxylic acids is 1.